The fourth-order valence-electron chi connectivity index (χ4n) is 3.25. The minimum absolute atomic E-state index is 0.153. The normalized spacial score (nSPS) is 20.2. The Morgan fingerprint density at radius 1 is 1.11 bits per heavy atom. The molecular weight excluding hydrogens is 237 g/mol. The first kappa shape index (κ1) is 14.5. The highest BCUT2D eigenvalue weighted by Gasteiger charge is 2.21. The van der Waals surface area contributed by atoms with E-state index in [2.05, 4.69) is 19.2 Å². The van der Waals surface area contributed by atoms with Gasteiger partial charge in [-0.2, -0.15) is 0 Å². The topological polar surface area (TPSA) is 12.0 Å². The molecule has 0 aliphatic heterocycles. The zero-order chi connectivity index (χ0) is 13.7. The molecule has 0 radical (unpaired) electrons. The fraction of sp³-hybridized carbons (Fsp3) is 0.647. The highest BCUT2D eigenvalue weighted by atomic mass is 19.1. The molecule has 2 atom stereocenters. The van der Waals surface area contributed by atoms with Crippen LogP contribution in [0.2, 0.25) is 0 Å². The Bertz CT molecular complexity index is 367. The van der Waals surface area contributed by atoms with Crippen molar-refractivity contribution < 1.29 is 4.39 Å². The molecule has 106 valence electrons. The maximum atomic E-state index is 12.9. The first-order chi connectivity index (χ1) is 9.15. The standard InChI is InChI=1S/C17H26FN/c1-13(12-15-8-10-17(18)11-9-15)19-14(2)16-6-4-3-5-7-16/h8-11,13-14,16,19H,3-7,12H2,1-2H3. The van der Waals surface area contributed by atoms with Crippen LogP contribution in [0.15, 0.2) is 24.3 Å². The molecule has 0 saturated heterocycles. The van der Waals surface area contributed by atoms with Gasteiger partial charge in [-0.15, -0.1) is 0 Å². The van der Waals surface area contributed by atoms with Crippen LogP contribution < -0.4 is 5.32 Å². The maximum Gasteiger partial charge on any atom is 0.123 e. The first-order valence-electron chi connectivity index (χ1n) is 7.65. The van der Waals surface area contributed by atoms with Gasteiger partial charge in [0.15, 0.2) is 0 Å². The smallest absolute Gasteiger partial charge is 0.123 e. The fourth-order valence-corrected chi connectivity index (χ4v) is 3.25. The summed E-state index contributed by atoms with van der Waals surface area (Å²) in [6.45, 7) is 4.54. The second-order valence-electron chi connectivity index (χ2n) is 6.09. The lowest BCUT2D eigenvalue weighted by atomic mass is 9.84. The molecule has 2 rings (SSSR count). The van der Waals surface area contributed by atoms with Crippen LogP contribution in [0.25, 0.3) is 0 Å². The number of benzene rings is 1. The molecule has 1 N–H and O–H groups in total. The van der Waals surface area contributed by atoms with Gasteiger partial charge < -0.3 is 5.32 Å². The van der Waals surface area contributed by atoms with E-state index in [9.17, 15) is 4.39 Å². The van der Waals surface area contributed by atoms with Gasteiger partial charge in [-0.1, -0.05) is 31.4 Å². The molecule has 0 amide bonds. The van der Waals surface area contributed by atoms with Gasteiger partial charge in [0.05, 0.1) is 0 Å². The lowest BCUT2D eigenvalue weighted by Crippen LogP contribution is -2.41. The zero-order valence-corrected chi connectivity index (χ0v) is 12.2. The monoisotopic (exact) mass is 263 g/mol. The van der Waals surface area contributed by atoms with Crippen molar-refractivity contribution in [3.8, 4) is 0 Å². The van der Waals surface area contributed by atoms with Crippen molar-refractivity contribution in [3.63, 3.8) is 0 Å². The van der Waals surface area contributed by atoms with Gasteiger partial charge >= 0.3 is 0 Å². The Labute approximate surface area is 116 Å². The van der Waals surface area contributed by atoms with Gasteiger partial charge in [-0.25, -0.2) is 4.39 Å². The van der Waals surface area contributed by atoms with E-state index in [-0.39, 0.29) is 5.82 Å². The summed E-state index contributed by atoms with van der Waals surface area (Å²) in [5, 5.41) is 3.72. The number of nitrogens with one attached hydrogen (secondary N) is 1. The molecule has 1 aromatic carbocycles. The summed E-state index contributed by atoms with van der Waals surface area (Å²) < 4.78 is 12.9. The van der Waals surface area contributed by atoms with Gasteiger partial charge in [0.2, 0.25) is 0 Å². The predicted molar refractivity (Wildman–Crippen MR) is 78.7 cm³/mol. The van der Waals surface area contributed by atoms with Crippen LogP contribution >= 0.6 is 0 Å². The summed E-state index contributed by atoms with van der Waals surface area (Å²) in [4.78, 5) is 0. The number of hydrogen-bond acceptors (Lipinski definition) is 1. The van der Waals surface area contributed by atoms with E-state index in [4.69, 9.17) is 0 Å². The van der Waals surface area contributed by atoms with Gasteiger partial charge in [0.1, 0.15) is 5.82 Å². The molecule has 0 heterocycles. The number of hydrogen-bond donors (Lipinski definition) is 1. The summed E-state index contributed by atoms with van der Waals surface area (Å²) in [5.74, 6) is 0.685. The Hall–Kier alpha value is -0.890. The maximum absolute atomic E-state index is 12.9. The van der Waals surface area contributed by atoms with Crippen molar-refractivity contribution in [1.82, 2.24) is 5.32 Å². The molecule has 1 saturated carbocycles. The van der Waals surface area contributed by atoms with Crippen LogP contribution in [-0.4, -0.2) is 12.1 Å². The largest absolute Gasteiger partial charge is 0.311 e. The second kappa shape index (κ2) is 7.04. The molecule has 19 heavy (non-hydrogen) atoms. The number of rotatable bonds is 5. The molecule has 1 fully saturated rings. The highest BCUT2D eigenvalue weighted by Crippen LogP contribution is 2.26. The highest BCUT2D eigenvalue weighted by molar-refractivity contribution is 5.17. The number of halogens is 1. The van der Waals surface area contributed by atoms with Gasteiger partial charge in [0.25, 0.3) is 0 Å². The van der Waals surface area contributed by atoms with E-state index < -0.39 is 0 Å². The lowest BCUT2D eigenvalue weighted by molar-refractivity contribution is 0.267. The van der Waals surface area contributed by atoms with Crippen LogP contribution in [0.3, 0.4) is 0 Å². The molecule has 2 heteroatoms. The van der Waals surface area contributed by atoms with Crippen LogP contribution in [0.5, 0.6) is 0 Å². The molecule has 0 bridgehead atoms. The van der Waals surface area contributed by atoms with Gasteiger partial charge in [-0.3, -0.25) is 0 Å². The molecule has 1 aliphatic carbocycles. The van der Waals surface area contributed by atoms with Crippen molar-refractivity contribution >= 4 is 0 Å². The molecule has 0 spiro atoms. The SMILES string of the molecule is CC(Cc1ccc(F)cc1)NC(C)C1CCCCC1. The summed E-state index contributed by atoms with van der Waals surface area (Å²) in [6, 6.07) is 7.91. The van der Waals surface area contributed by atoms with E-state index in [1.165, 1.54) is 37.7 Å². The lowest BCUT2D eigenvalue weighted by Gasteiger charge is -2.30. The predicted octanol–water partition coefficient (Wildman–Crippen LogP) is 4.32. The summed E-state index contributed by atoms with van der Waals surface area (Å²) in [5.41, 5.74) is 1.21. The quantitative estimate of drug-likeness (QED) is 0.834. The van der Waals surface area contributed by atoms with Crippen molar-refractivity contribution in [1.29, 1.82) is 0 Å². The van der Waals surface area contributed by atoms with E-state index in [1.54, 1.807) is 12.1 Å². The zero-order valence-electron chi connectivity index (χ0n) is 12.2. The van der Waals surface area contributed by atoms with E-state index in [0.717, 1.165) is 12.3 Å². The van der Waals surface area contributed by atoms with Crippen molar-refractivity contribution in [3.05, 3.63) is 35.6 Å². The Balaban J connectivity index is 1.79. The van der Waals surface area contributed by atoms with Gasteiger partial charge in [0, 0.05) is 12.1 Å². The molecule has 1 aromatic rings. The third-order valence-corrected chi connectivity index (χ3v) is 4.36. The third kappa shape index (κ3) is 4.61. The summed E-state index contributed by atoms with van der Waals surface area (Å²) in [7, 11) is 0. The van der Waals surface area contributed by atoms with Crippen LogP contribution in [-0.2, 0) is 6.42 Å². The average Bonchev–Trinajstić information content (AvgIpc) is 2.42. The van der Waals surface area contributed by atoms with Crippen LogP contribution in [0.4, 0.5) is 4.39 Å². The Kier molecular flexibility index (Phi) is 5.38. The average molecular weight is 263 g/mol. The van der Waals surface area contributed by atoms with E-state index in [1.807, 2.05) is 12.1 Å². The molecule has 1 aliphatic rings. The molecule has 2 unspecified atom stereocenters. The van der Waals surface area contributed by atoms with Crippen molar-refractivity contribution in [2.45, 2.75) is 64.5 Å². The second-order valence-corrected chi connectivity index (χ2v) is 6.09. The molecule has 0 aromatic heterocycles. The minimum atomic E-state index is -0.153. The Morgan fingerprint density at radius 3 is 2.37 bits per heavy atom. The van der Waals surface area contributed by atoms with E-state index in [0.29, 0.717) is 12.1 Å². The third-order valence-electron chi connectivity index (χ3n) is 4.36. The molecular formula is C17H26FN. The van der Waals surface area contributed by atoms with Crippen LogP contribution in [0, 0.1) is 11.7 Å². The van der Waals surface area contributed by atoms with Crippen LogP contribution in [0.1, 0.15) is 51.5 Å². The summed E-state index contributed by atoms with van der Waals surface area (Å²) >= 11 is 0. The van der Waals surface area contributed by atoms with Crippen molar-refractivity contribution in [2.24, 2.45) is 5.92 Å². The minimum Gasteiger partial charge on any atom is -0.311 e. The Morgan fingerprint density at radius 2 is 1.74 bits per heavy atom. The van der Waals surface area contributed by atoms with E-state index >= 15 is 0 Å². The first-order valence-corrected chi connectivity index (χ1v) is 7.65. The molecule has 1 nitrogen and oxygen atoms in total. The van der Waals surface area contributed by atoms with Gasteiger partial charge in [-0.05, 0) is 56.7 Å². The van der Waals surface area contributed by atoms with Crippen molar-refractivity contribution in [2.75, 3.05) is 0 Å². The summed E-state index contributed by atoms with van der Waals surface area (Å²) in [6.07, 6.45) is 7.91.